The predicted molar refractivity (Wildman–Crippen MR) is 125 cm³/mol. The van der Waals surface area contributed by atoms with Crippen molar-refractivity contribution in [2.24, 2.45) is 5.10 Å². The second-order valence-corrected chi connectivity index (χ2v) is 7.67. The van der Waals surface area contributed by atoms with E-state index < -0.39 is 17.6 Å². The molecule has 1 fully saturated rings. The summed E-state index contributed by atoms with van der Waals surface area (Å²) >= 11 is 6.00. The van der Waals surface area contributed by atoms with Crippen LogP contribution in [0, 0.1) is 5.82 Å². The van der Waals surface area contributed by atoms with Crippen molar-refractivity contribution in [1.82, 2.24) is 15.0 Å². The van der Waals surface area contributed by atoms with Crippen LogP contribution in [0.25, 0.3) is 0 Å². The number of halogens is 5. The van der Waals surface area contributed by atoms with Gasteiger partial charge in [0.1, 0.15) is 0 Å². The van der Waals surface area contributed by atoms with Crippen molar-refractivity contribution in [3.8, 4) is 0 Å². The highest BCUT2D eigenvalue weighted by Gasteiger charge is 2.30. The zero-order valence-electron chi connectivity index (χ0n) is 18.2. The minimum Gasteiger partial charge on any atom is -0.378 e. The summed E-state index contributed by atoms with van der Waals surface area (Å²) in [6.45, 7) is 2.00. The molecule has 0 unspecified atom stereocenters. The maximum atomic E-state index is 14.1. The first kappa shape index (κ1) is 24.6. The minimum absolute atomic E-state index is 0.0143. The second kappa shape index (κ2) is 10.8. The van der Waals surface area contributed by atoms with Crippen LogP contribution in [-0.2, 0) is 16.8 Å². The van der Waals surface area contributed by atoms with Gasteiger partial charge in [-0.2, -0.15) is 23.3 Å². The number of aromatic nitrogens is 3. The number of morpholine rings is 1. The van der Waals surface area contributed by atoms with Gasteiger partial charge in [0.2, 0.25) is 5.95 Å². The molecular weight excluding hydrogens is 490 g/mol. The van der Waals surface area contributed by atoms with Gasteiger partial charge in [-0.25, -0.2) is 19.8 Å². The molecule has 4 rings (SSSR count). The largest absolute Gasteiger partial charge is 0.416 e. The van der Waals surface area contributed by atoms with E-state index in [0.717, 1.165) is 18.3 Å². The van der Waals surface area contributed by atoms with Gasteiger partial charge in [-0.3, -0.25) is 0 Å². The van der Waals surface area contributed by atoms with Gasteiger partial charge >= 0.3 is 6.18 Å². The molecule has 0 radical (unpaired) electrons. The van der Waals surface area contributed by atoms with Crippen molar-refractivity contribution in [1.29, 1.82) is 0 Å². The quantitative estimate of drug-likeness (QED) is 0.205. The van der Waals surface area contributed by atoms with Crippen LogP contribution in [0.2, 0.25) is 0 Å². The van der Waals surface area contributed by atoms with Gasteiger partial charge in [-0.05, 0) is 30.3 Å². The first-order chi connectivity index (χ1) is 16.8. The first-order valence-electron chi connectivity index (χ1n) is 10.5. The topological polar surface area (TPSA) is 87.6 Å². The third-order valence-electron chi connectivity index (χ3n) is 4.99. The lowest BCUT2D eigenvalue weighted by molar-refractivity contribution is -0.137. The number of hydrazone groups is 1. The van der Waals surface area contributed by atoms with E-state index in [1.807, 2.05) is 0 Å². The highest BCUT2D eigenvalue weighted by atomic mass is 35.5. The van der Waals surface area contributed by atoms with Gasteiger partial charge in [0.25, 0.3) is 0 Å². The lowest BCUT2D eigenvalue weighted by atomic mass is 10.2. The van der Waals surface area contributed by atoms with Crippen LogP contribution in [0.1, 0.15) is 17.0 Å². The molecule has 2 N–H and O–H groups in total. The van der Waals surface area contributed by atoms with Crippen molar-refractivity contribution >= 4 is 41.0 Å². The molecule has 0 bridgehead atoms. The number of benzene rings is 1. The third-order valence-corrected chi connectivity index (χ3v) is 5.24. The minimum atomic E-state index is -4.45. The molecule has 0 aliphatic carbocycles. The van der Waals surface area contributed by atoms with Gasteiger partial charge in [-0.15, -0.1) is 11.6 Å². The molecule has 0 spiro atoms. The summed E-state index contributed by atoms with van der Waals surface area (Å²) in [4.78, 5) is 14.2. The monoisotopic (exact) mass is 509 g/mol. The number of hydrogen-bond donors (Lipinski definition) is 2. The summed E-state index contributed by atoms with van der Waals surface area (Å²) in [5, 5.41) is 6.95. The molecule has 1 aliphatic heterocycles. The average molecular weight is 510 g/mol. The lowest BCUT2D eigenvalue weighted by Gasteiger charge is -2.27. The van der Waals surface area contributed by atoms with Gasteiger partial charge in [0.05, 0.1) is 54.1 Å². The Kier molecular flexibility index (Phi) is 7.61. The number of alkyl halides is 4. The highest BCUT2D eigenvalue weighted by molar-refractivity contribution is 6.17. The molecule has 8 nitrogen and oxygen atoms in total. The Morgan fingerprint density at radius 1 is 1.14 bits per heavy atom. The zero-order chi connectivity index (χ0) is 24.8. The van der Waals surface area contributed by atoms with Crippen molar-refractivity contribution < 1.29 is 22.3 Å². The van der Waals surface area contributed by atoms with Crippen LogP contribution >= 0.6 is 11.6 Å². The van der Waals surface area contributed by atoms with E-state index in [2.05, 4.69) is 30.8 Å². The summed E-state index contributed by atoms with van der Waals surface area (Å²) < 4.78 is 58.3. The Hall–Kier alpha value is -3.51. The van der Waals surface area contributed by atoms with Gasteiger partial charge in [0.15, 0.2) is 11.6 Å². The van der Waals surface area contributed by atoms with Crippen molar-refractivity contribution in [2.45, 2.75) is 12.1 Å². The molecular formula is C22H20ClF4N7O. The van der Waals surface area contributed by atoms with Crippen LogP contribution < -0.4 is 15.6 Å². The Morgan fingerprint density at radius 3 is 2.69 bits per heavy atom. The van der Waals surface area contributed by atoms with Crippen molar-refractivity contribution in [2.75, 3.05) is 41.9 Å². The summed E-state index contributed by atoms with van der Waals surface area (Å²) in [7, 11) is 0. The smallest absolute Gasteiger partial charge is 0.378 e. The summed E-state index contributed by atoms with van der Waals surface area (Å²) in [5.74, 6) is -0.266. The fourth-order valence-electron chi connectivity index (χ4n) is 3.30. The molecule has 0 amide bonds. The summed E-state index contributed by atoms with van der Waals surface area (Å²) in [6.07, 6.45) is -1.99. The van der Waals surface area contributed by atoms with Crippen LogP contribution in [0.4, 0.5) is 40.7 Å². The molecule has 1 aliphatic rings. The average Bonchev–Trinajstić information content (AvgIpc) is 2.86. The molecule has 1 saturated heterocycles. The SMILES string of the molecule is Fc1cnc(N/N=C/c2ccc(Nc3cccc(C(F)(F)F)c3)c(CCl)n2)nc1N1CCOCC1. The maximum absolute atomic E-state index is 14.1. The zero-order valence-corrected chi connectivity index (χ0v) is 18.9. The number of pyridine rings is 1. The second-order valence-electron chi connectivity index (χ2n) is 7.40. The Morgan fingerprint density at radius 2 is 1.94 bits per heavy atom. The van der Waals surface area contributed by atoms with Crippen molar-refractivity contribution in [3.05, 3.63) is 65.4 Å². The van der Waals surface area contributed by atoms with E-state index in [1.165, 1.54) is 18.3 Å². The molecule has 35 heavy (non-hydrogen) atoms. The predicted octanol–water partition coefficient (Wildman–Crippen LogP) is 4.79. The standard InChI is InChI=1S/C22H20ClF4N7O/c23-11-19-18(30-15-3-1-2-14(10-15)22(25,26)27)5-4-16(31-19)12-29-33-21-28-13-17(24)20(32-21)34-6-8-35-9-7-34/h1-5,10,12-13,30H,6-9,11H2,(H,28,32,33)/b29-12+. The Bertz CT molecular complexity index is 1200. The molecule has 1 aromatic carbocycles. The fourth-order valence-corrected chi connectivity index (χ4v) is 3.50. The number of ether oxygens (including phenoxy) is 1. The van der Waals surface area contributed by atoms with E-state index in [1.54, 1.807) is 17.0 Å². The Balaban J connectivity index is 1.45. The van der Waals surface area contributed by atoms with Crippen LogP contribution in [0.15, 0.2) is 47.7 Å². The van der Waals surface area contributed by atoms with E-state index in [-0.39, 0.29) is 23.3 Å². The molecule has 13 heteroatoms. The summed E-state index contributed by atoms with van der Waals surface area (Å²) in [6, 6.07) is 8.07. The molecule has 0 atom stereocenters. The number of anilines is 4. The van der Waals surface area contributed by atoms with Gasteiger partial charge < -0.3 is 15.0 Å². The van der Waals surface area contributed by atoms with Crippen molar-refractivity contribution in [3.63, 3.8) is 0 Å². The molecule has 3 heterocycles. The number of nitrogens with one attached hydrogen (secondary N) is 2. The number of rotatable bonds is 7. The Labute approximate surface area is 203 Å². The third kappa shape index (κ3) is 6.34. The van der Waals surface area contributed by atoms with E-state index in [9.17, 15) is 17.6 Å². The van der Waals surface area contributed by atoms with E-state index in [0.29, 0.717) is 43.4 Å². The van der Waals surface area contributed by atoms with E-state index in [4.69, 9.17) is 16.3 Å². The number of nitrogens with zero attached hydrogens (tertiary/aromatic N) is 5. The molecule has 2 aromatic heterocycles. The van der Waals surface area contributed by atoms with Crippen LogP contribution in [0.3, 0.4) is 0 Å². The number of hydrogen-bond acceptors (Lipinski definition) is 8. The molecule has 3 aromatic rings. The van der Waals surface area contributed by atoms with Crippen LogP contribution in [-0.4, -0.2) is 47.5 Å². The molecule has 184 valence electrons. The van der Waals surface area contributed by atoms with E-state index >= 15 is 0 Å². The summed E-state index contributed by atoms with van der Waals surface area (Å²) in [5.41, 5.74) is 3.43. The first-order valence-corrected chi connectivity index (χ1v) is 11.0. The maximum Gasteiger partial charge on any atom is 0.416 e. The molecule has 0 saturated carbocycles. The van der Waals surface area contributed by atoms with Crippen LogP contribution in [0.5, 0.6) is 0 Å². The van der Waals surface area contributed by atoms with Gasteiger partial charge in [0, 0.05) is 18.8 Å². The highest BCUT2D eigenvalue weighted by Crippen LogP contribution is 2.32. The normalized spacial score (nSPS) is 14.4. The fraction of sp³-hybridized carbons (Fsp3) is 0.273. The van der Waals surface area contributed by atoms with Gasteiger partial charge in [-0.1, -0.05) is 6.07 Å². The lowest BCUT2D eigenvalue weighted by Crippen LogP contribution is -2.37.